The minimum Gasteiger partial charge on any atom is -0.270 e. The lowest BCUT2D eigenvalue weighted by atomic mass is 10.2. The predicted molar refractivity (Wildman–Crippen MR) is 66.5 cm³/mol. The van der Waals surface area contributed by atoms with Gasteiger partial charge in [0.2, 0.25) is 0 Å². The molecule has 0 saturated heterocycles. The van der Waals surface area contributed by atoms with Crippen molar-refractivity contribution in [3.63, 3.8) is 0 Å². The van der Waals surface area contributed by atoms with Crippen LogP contribution in [0.4, 0.5) is 5.82 Å². The van der Waals surface area contributed by atoms with Crippen LogP contribution in [0.1, 0.15) is 11.1 Å². The molecule has 0 saturated carbocycles. The van der Waals surface area contributed by atoms with Crippen molar-refractivity contribution in [2.45, 2.75) is 13.5 Å². The van der Waals surface area contributed by atoms with E-state index in [1.54, 1.807) is 0 Å². The van der Waals surface area contributed by atoms with Crippen LogP contribution >= 0.6 is 11.6 Å². The van der Waals surface area contributed by atoms with E-state index in [4.69, 9.17) is 11.6 Å². The molecule has 0 amide bonds. The van der Waals surface area contributed by atoms with Crippen LogP contribution in [0.25, 0.3) is 0 Å². The molecule has 0 bridgehead atoms. The summed E-state index contributed by atoms with van der Waals surface area (Å²) >= 11 is 5.82. The van der Waals surface area contributed by atoms with Gasteiger partial charge in [-0.1, -0.05) is 23.7 Å². The molecule has 0 atom stereocenters. The predicted octanol–water partition coefficient (Wildman–Crippen LogP) is 3.07. The Morgan fingerprint density at radius 3 is 2.62 bits per heavy atom. The SMILES string of the molecule is Cc1cc[nH+]c(NCc2ccc(Cl)cc2)c1. The summed E-state index contributed by atoms with van der Waals surface area (Å²) in [5.74, 6) is 1.02. The highest BCUT2D eigenvalue weighted by atomic mass is 35.5. The summed E-state index contributed by atoms with van der Waals surface area (Å²) in [4.78, 5) is 3.15. The first-order valence-electron chi connectivity index (χ1n) is 5.21. The van der Waals surface area contributed by atoms with Crippen molar-refractivity contribution in [2.24, 2.45) is 0 Å². The fourth-order valence-corrected chi connectivity index (χ4v) is 1.61. The lowest BCUT2D eigenvalue weighted by Crippen LogP contribution is -2.12. The van der Waals surface area contributed by atoms with Crippen molar-refractivity contribution < 1.29 is 4.98 Å². The smallest absolute Gasteiger partial charge is 0.270 e. The van der Waals surface area contributed by atoms with Crippen molar-refractivity contribution in [3.8, 4) is 0 Å². The van der Waals surface area contributed by atoms with Gasteiger partial charge >= 0.3 is 0 Å². The highest BCUT2D eigenvalue weighted by Gasteiger charge is 2.01. The molecule has 3 heteroatoms. The van der Waals surface area contributed by atoms with Crippen molar-refractivity contribution in [1.29, 1.82) is 0 Å². The summed E-state index contributed by atoms with van der Waals surface area (Å²) in [6, 6.07) is 12.0. The Morgan fingerprint density at radius 1 is 1.19 bits per heavy atom. The topological polar surface area (TPSA) is 26.2 Å². The number of pyridine rings is 1. The van der Waals surface area contributed by atoms with Crippen LogP contribution in [-0.2, 0) is 6.54 Å². The van der Waals surface area contributed by atoms with Crippen molar-refractivity contribution in [3.05, 3.63) is 58.7 Å². The fraction of sp³-hybridized carbons (Fsp3) is 0.154. The first-order valence-corrected chi connectivity index (χ1v) is 5.58. The zero-order valence-corrected chi connectivity index (χ0v) is 9.88. The molecule has 82 valence electrons. The molecule has 2 rings (SSSR count). The van der Waals surface area contributed by atoms with Crippen LogP contribution in [0.3, 0.4) is 0 Å². The Labute approximate surface area is 100 Å². The largest absolute Gasteiger partial charge is 0.272 e. The van der Waals surface area contributed by atoms with E-state index in [2.05, 4.69) is 23.3 Å². The summed E-state index contributed by atoms with van der Waals surface area (Å²) in [6.07, 6.45) is 1.93. The average Bonchev–Trinajstić information content (AvgIpc) is 2.28. The minimum absolute atomic E-state index is 0.769. The monoisotopic (exact) mass is 233 g/mol. The van der Waals surface area contributed by atoms with Crippen LogP contribution in [-0.4, -0.2) is 0 Å². The molecule has 0 unspecified atom stereocenters. The van der Waals surface area contributed by atoms with E-state index in [-0.39, 0.29) is 0 Å². The van der Waals surface area contributed by atoms with Gasteiger partial charge in [-0.15, -0.1) is 0 Å². The molecule has 1 heterocycles. The van der Waals surface area contributed by atoms with Gasteiger partial charge in [0.15, 0.2) is 0 Å². The second-order valence-corrected chi connectivity index (χ2v) is 4.20. The molecule has 16 heavy (non-hydrogen) atoms. The normalized spacial score (nSPS) is 10.1. The van der Waals surface area contributed by atoms with Gasteiger partial charge in [-0.25, -0.2) is 4.98 Å². The van der Waals surface area contributed by atoms with Crippen LogP contribution in [0.5, 0.6) is 0 Å². The van der Waals surface area contributed by atoms with Gasteiger partial charge < -0.3 is 0 Å². The molecule has 2 aromatic rings. The van der Waals surface area contributed by atoms with Crippen LogP contribution in [0.15, 0.2) is 42.6 Å². The third-order valence-electron chi connectivity index (χ3n) is 2.35. The van der Waals surface area contributed by atoms with Gasteiger partial charge in [0, 0.05) is 11.1 Å². The molecule has 2 N–H and O–H groups in total. The lowest BCUT2D eigenvalue weighted by Gasteiger charge is -2.00. The summed E-state index contributed by atoms with van der Waals surface area (Å²) in [6.45, 7) is 2.86. The maximum Gasteiger partial charge on any atom is 0.272 e. The Balaban J connectivity index is 1.99. The first kappa shape index (κ1) is 11.0. The molecule has 0 radical (unpaired) electrons. The standard InChI is InChI=1S/C13H13ClN2/c1-10-6-7-15-13(8-10)16-9-11-2-4-12(14)5-3-11/h2-8H,9H2,1H3,(H,15,16)/p+1. The van der Waals surface area contributed by atoms with E-state index >= 15 is 0 Å². The van der Waals surface area contributed by atoms with Gasteiger partial charge in [-0.3, -0.25) is 5.32 Å². The van der Waals surface area contributed by atoms with E-state index < -0.39 is 0 Å². The van der Waals surface area contributed by atoms with Crippen molar-refractivity contribution >= 4 is 17.4 Å². The van der Waals surface area contributed by atoms with Gasteiger partial charge in [0.1, 0.15) is 6.54 Å². The lowest BCUT2D eigenvalue weighted by molar-refractivity contribution is -0.361. The third kappa shape index (κ3) is 2.97. The maximum absolute atomic E-state index is 5.82. The fourth-order valence-electron chi connectivity index (χ4n) is 1.48. The second kappa shape index (κ2) is 4.99. The number of rotatable bonds is 3. The summed E-state index contributed by atoms with van der Waals surface area (Å²) in [7, 11) is 0. The maximum atomic E-state index is 5.82. The molecule has 0 aliphatic carbocycles. The zero-order chi connectivity index (χ0) is 11.4. The number of anilines is 1. The van der Waals surface area contributed by atoms with Gasteiger partial charge in [0.05, 0.1) is 6.20 Å². The number of aromatic amines is 1. The number of hydrogen-bond donors (Lipinski definition) is 1. The van der Waals surface area contributed by atoms with Crippen molar-refractivity contribution in [1.82, 2.24) is 0 Å². The molecule has 2 nitrogen and oxygen atoms in total. The molecule has 0 aliphatic rings. The minimum atomic E-state index is 0.769. The second-order valence-electron chi connectivity index (χ2n) is 3.76. The Hall–Kier alpha value is -1.54. The third-order valence-corrected chi connectivity index (χ3v) is 2.61. The summed E-state index contributed by atoms with van der Waals surface area (Å²) < 4.78 is 0. The average molecular weight is 234 g/mol. The Bertz CT molecular complexity index is 466. The number of hydrogen-bond acceptors (Lipinski definition) is 1. The number of aryl methyl sites for hydroxylation is 1. The van der Waals surface area contributed by atoms with Crippen LogP contribution < -0.4 is 10.3 Å². The molecular formula is C13H14ClN2+. The van der Waals surface area contributed by atoms with E-state index in [0.29, 0.717) is 0 Å². The van der Waals surface area contributed by atoms with Crippen molar-refractivity contribution in [2.75, 3.05) is 5.32 Å². The van der Waals surface area contributed by atoms with Crippen LogP contribution in [0, 0.1) is 6.92 Å². The van der Waals surface area contributed by atoms with Crippen LogP contribution in [0.2, 0.25) is 5.02 Å². The van der Waals surface area contributed by atoms with E-state index in [1.807, 2.05) is 36.5 Å². The number of benzene rings is 1. The van der Waals surface area contributed by atoms with Gasteiger partial charge in [-0.2, -0.15) is 0 Å². The summed E-state index contributed by atoms with van der Waals surface area (Å²) in [5.41, 5.74) is 2.44. The first-order chi connectivity index (χ1) is 7.74. The molecule has 0 fully saturated rings. The highest BCUT2D eigenvalue weighted by molar-refractivity contribution is 6.30. The number of nitrogens with one attached hydrogen (secondary N) is 2. The molecule has 1 aromatic carbocycles. The number of H-pyrrole nitrogens is 1. The number of halogens is 1. The Kier molecular flexibility index (Phi) is 3.42. The quantitative estimate of drug-likeness (QED) is 0.867. The molecule has 1 aromatic heterocycles. The highest BCUT2D eigenvalue weighted by Crippen LogP contribution is 2.10. The summed E-state index contributed by atoms with van der Waals surface area (Å²) in [5, 5.41) is 4.09. The number of aromatic nitrogens is 1. The zero-order valence-electron chi connectivity index (χ0n) is 9.13. The molecule has 0 spiro atoms. The van der Waals surface area contributed by atoms with Gasteiger partial charge in [0.25, 0.3) is 5.82 Å². The molecule has 0 aliphatic heterocycles. The van der Waals surface area contributed by atoms with E-state index in [9.17, 15) is 0 Å². The Morgan fingerprint density at radius 2 is 1.94 bits per heavy atom. The van der Waals surface area contributed by atoms with E-state index in [1.165, 1.54) is 11.1 Å². The van der Waals surface area contributed by atoms with Gasteiger partial charge in [-0.05, 0) is 36.2 Å². The molecular weight excluding hydrogens is 220 g/mol. The van der Waals surface area contributed by atoms with E-state index in [0.717, 1.165) is 17.4 Å².